The zero-order chi connectivity index (χ0) is 53.7. The first-order chi connectivity index (χ1) is 34.0. The number of nitrogens with one attached hydrogen (secondary N) is 8. The Kier molecular flexibility index (Phi) is 24.0. The number of amides is 10. The van der Waals surface area contributed by atoms with E-state index in [-0.39, 0.29) is 70.4 Å². The molecule has 26 heteroatoms. The molecule has 0 bridgehead atoms. The van der Waals surface area contributed by atoms with E-state index in [1.807, 2.05) is 13.8 Å². The number of carboxylic acid groups (broad SMARTS) is 2. The van der Waals surface area contributed by atoms with Crippen LogP contribution in [0.4, 0.5) is 0 Å². The first kappa shape index (κ1) is 59.1. The maximum atomic E-state index is 13.8. The maximum absolute atomic E-state index is 13.8. The molecule has 0 saturated carbocycles. The summed E-state index contributed by atoms with van der Waals surface area (Å²) in [6.07, 6.45) is -3.59. The largest absolute Gasteiger partial charge is 0.481 e. The summed E-state index contributed by atoms with van der Waals surface area (Å²) in [7, 11) is 0. The summed E-state index contributed by atoms with van der Waals surface area (Å²) >= 11 is 0. The third-order valence-corrected chi connectivity index (χ3v) is 11.8. The van der Waals surface area contributed by atoms with Crippen molar-refractivity contribution in [2.75, 3.05) is 19.6 Å². The molecule has 26 nitrogen and oxygen atoms in total. The smallest absolute Gasteiger partial charge is 0.305 e. The molecule has 10 amide bonds. The van der Waals surface area contributed by atoms with Gasteiger partial charge in [-0.2, -0.15) is 0 Å². The minimum Gasteiger partial charge on any atom is -0.481 e. The fourth-order valence-corrected chi connectivity index (χ4v) is 7.96. The molecule has 15 N–H and O–H groups in total. The highest BCUT2D eigenvalue weighted by Crippen LogP contribution is 2.20. The minimum atomic E-state index is -1.80. The summed E-state index contributed by atoms with van der Waals surface area (Å²) in [6.45, 7) is 3.86. The van der Waals surface area contributed by atoms with Crippen LogP contribution in [0.25, 0.3) is 0 Å². The molecule has 1 aromatic rings. The molecule has 9 atom stereocenters. The van der Waals surface area contributed by atoms with Gasteiger partial charge >= 0.3 is 11.9 Å². The highest BCUT2D eigenvalue weighted by molar-refractivity contribution is 5.98. The quantitative estimate of drug-likeness (QED) is 0.0706. The summed E-state index contributed by atoms with van der Waals surface area (Å²) in [4.78, 5) is 158. The van der Waals surface area contributed by atoms with E-state index in [0.717, 1.165) is 11.8 Å². The SMILES string of the molecule is CC(C)C[C@H](NC(=O)[C@H](Cc1ccccc1)NC(=O)CC[C@@H]1NC(=O)CNC(=O)[C@H]([C@@H](C)O)NC(=O)[C@H](CCC(=O)O)NC(=O)[C@@H]2CCCN2C(=O)[C@H](CC(=O)O)NC(=O)[C@@H](N)CCCCNC1=O)C(N)=O. The molecule has 2 fully saturated rings. The third-order valence-electron chi connectivity index (χ3n) is 11.8. The number of nitrogens with zero attached hydrogens (tertiary/aromatic N) is 1. The summed E-state index contributed by atoms with van der Waals surface area (Å²) in [5, 5.41) is 49.1. The topological polar surface area (TPSA) is 417 Å². The molecule has 2 saturated heterocycles. The molecule has 0 radical (unpaired) electrons. The van der Waals surface area contributed by atoms with Crippen molar-refractivity contribution in [3.8, 4) is 0 Å². The van der Waals surface area contributed by atoms with Gasteiger partial charge < -0.3 is 74.2 Å². The Morgan fingerprint density at radius 1 is 0.722 bits per heavy atom. The van der Waals surface area contributed by atoms with E-state index >= 15 is 0 Å². The molecule has 398 valence electrons. The first-order valence-corrected chi connectivity index (χ1v) is 23.8. The van der Waals surface area contributed by atoms with Crippen LogP contribution in [0, 0.1) is 5.92 Å². The zero-order valence-corrected chi connectivity index (χ0v) is 40.6. The Labute approximate surface area is 415 Å². The highest BCUT2D eigenvalue weighted by Gasteiger charge is 2.41. The summed E-state index contributed by atoms with van der Waals surface area (Å²) in [6, 6.07) is -2.73. The van der Waals surface area contributed by atoms with E-state index < -0.39 is 158 Å². The van der Waals surface area contributed by atoms with E-state index in [2.05, 4.69) is 42.5 Å². The molecule has 0 aromatic heterocycles. The molecule has 2 aliphatic rings. The van der Waals surface area contributed by atoms with Crippen LogP contribution in [0.15, 0.2) is 30.3 Å². The van der Waals surface area contributed by atoms with Crippen molar-refractivity contribution in [3.63, 3.8) is 0 Å². The maximum Gasteiger partial charge on any atom is 0.305 e. The summed E-state index contributed by atoms with van der Waals surface area (Å²) in [5.41, 5.74) is 12.3. The normalized spacial score (nSPS) is 23.7. The Balaban J connectivity index is 1.90. The number of nitrogens with two attached hydrogens (primary N) is 2. The Morgan fingerprint density at radius 2 is 1.38 bits per heavy atom. The van der Waals surface area contributed by atoms with E-state index in [0.29, 0.717) is 5.56 Å². The number of hydrogen-bond acceptors (Lipinski definition) is 14. The number of fused-ring (bicyclic) bond motifs is 1. The molecule has 3 rings (SSSR count). The van der Waals surface area contributed by atoms with Gasteiger partial charge in [0.05, 0.1) is 25.1 Å². The van der Waals surface area contributed by atoms with Gasteiger partial charge in [0.15, 0.2) is 0 Å². The van der Waals surface area contributed by atoms with Crippen molar-refractivity contribution < 1.29 is 72.9 Å². The van der Waals surface area contributed by atoms with E-state index in [1.54, 1.807) is 30.3 Å². The number of rotatable bonds is 17. The van der Waals surface area contributed by atoms with Crippen molar-refractivity contribution in [1.82, 2.24) is 47.4 Å². The Bertz CT molecular complexity index is 2130. The monoisotopic (exact) mass is 1020 g/mol. The average molecular weight is 1020 g/mol. The van der Waals surface area contributed by atoms with Crippen molar-refractivity contribution >= 4 is 71.0 Å². The van der Waals surface area contributed by atoms with Crippen LogP contribution in [0.1, 0.15) is 97.0 Å². The zero-order valence-electron chi connectivity index (χ0n) is 40.6. The standard InChI is InChI=1S/C46H69N11O15/c1-24(2)20-30(39(48)65)54-43(69)31(21-26-10-5-4-6-11-26)52-34(59)16-14-28-41(67)49-18-8-7-12-27(47)40(66)55-32(22-37(63)64)46(72)57-19-9-13-33(57)44(70)53-29(15-17-36(61)62)42(68)56-38(25(3)58)45(71)50-23-35(60)51-28/h4-6,10-11,24-25,27-33,38,58H,7-9,12-23,47H2,1-3H3,(H2,48,65)(H,49,67)(H,50,71)(H,51,60)(H,52,59)(H,53,70)(H,54,69)(H,55,66)(H,56,68)(H,61,62)(H,63,64)/t25-,27+,28+,29+,30+,31+,32+,33+,38+/m1/s1. The van der Waals surface area contributed by atoms with Crippen LogP contribution in [-0.4, -0.2) is 165 Å². The van der Waals surface area contributed by atoms with Gasteiger partial charge in [-0.3, -0.25) is 57.5 Å². The number of carbonyl (C=O) groups is 12. The minimum absolute atomic E-state index is 0.00286. The molecule has 2 aliphatic heterocycles. The van der Waals surface area contributed by atoms with Gasteiger partial charge in [0.25, 0.3) is 0 Å². The summed E-state index contributed by atoms with van der Waals surface area (Å²) in [5.74, 6) is -11.8. The molecule has 1 aromatic carbocycles. The highest BCUT2D eigenvalue weighted by atomic mass is 16.4. The number of carboxylic acids is 2. The predicted octanol–water partition coefficient (Wildman–Crippen LogP) is -4.10. The van der Waals surface area contributed by atoms with Crippen LogP contribution in [0.2, 0.25) is 0 Å². The molecule has 2 heterocycles. The van der Waals surface area contributed by atoms with Gasteiger partial charge in [-0.15, -0.1) is 0 Å². The van der Waals surface area contributed by atoms with Crippen LogP contribution in [0.5, 0.6) is 0 Å². The van der Waals surface area contributed by atoms with Crippen molar-refractivity contribution in [3.05, 3.63) is 35.9 Å². The van der Waals surface area contributed by atoms with Gasteiger partial charge in [-0.1, -0.05) is 44.2 Å². The van der Waals surface area contributed by atoms with E-state index in [9.17, 15) is 72.9 Å². The van der Waals surface area contributed by atoms with Crippen LogP contribution < -0.4 is 54.0 Å². The third kappa shape index (κ3) is 19.9. The molecule has 0 spiro atoms. The van der Waals surface area contributed by atoms with Crippen molar-refractivity contribution in [2.45, 2.75) is 152 Å². The van der Waals surface area contributed by atoms with Crippen molar-refractivity contribution in [1.29, 1.82) is 0 Å². The fourth-order valence-electron chi connectivity index (χ4n) is 7.96. The Hall–Kier alpha value is -7.22. The average Bonchev–Trinajstić information content (AvgIpc) is 3.81. The lowest BCUT2D eigenvalue weighted by Gasteiger charge is -2.30. The van der Waals surface area contributed by atoms with E-state index in [4.69, 9.17) is 11.5 Å². The van der Waals surface area contributed by atoms with Crippen molar-refractivity contribution in [2.24, 2.45) is 17.4 Å². The summed E-state index contributed by atoms with van der Waals surface area (Å²) < 4.78 is 0. The van der Waals surface area contributed by atoms with Gasteiger partial charge in [0.2, 0.25) is 59.1 Å². The predicted molar refractivity (Wildman–Crippen MR) is 253 cm³/mol. The Morgan fingerprint density at radius 3 is 2.00 bits per heavy atom. The number of hydrogen-bond donors (Lipinski definition) is 13. The van der Waals surface area contributed by atoms with E-state index in [1.165, 1.54) is 0 Å². The second-order valence-electron chi connectivity index (χ2n) is 18.2. The second kappa shape index (κ2) is 29.2. The first-order valence-electron chi connectivity index (χ1n) is 23.8. The molecular weight excluding hydrogens is 947 g/mol. The fraction of sp³-hybridized carbons (Fsp3) is 0.609. The number of carbonyl (C=O) groups excluding carboxylic acids is 10. The lowest BCUT2D eigenvalue weighted by molar-refractivity contribution is -0.146. The molecular formula is C46H69N11O15. The number of benzene rings is 1. The van der Waals surface area contributed by atoms with Crippen LogP contribution in [0.3, 0.4) is 0 Å². The van der Waals surface area contributed by atoms with Crippen LogP contribution in [-0.2, 0) is 64.0 Å². The van der Waals surface area contributed by atoms with Gasteiger partial charge in [0, 0.05) is 32.4 Å². The molecule has 72 heavy (non-hydrogen) atoms. The number of aliphatic hydroxyl groups is 1. The van der Waals surface area contributed by atoms with Gasteiger partial charge in [0.1, 0.15) is 42.3 Å². The number of aliphatic carboxylic acids is 2. The number of primary amides is 1. The van der Waals surface area contributed by atoms with Crippen LogP contribution >= 0.6 is 0 Å². The lowest BCUT2D eigenvalue weighted by atomic mass is 10.0. The second-order valence-corrected chi connectivity index (χ2v) is 18.2. The van der Waals surface area contributed by atoms with Gasteiger partial charge in [-0.25, -0.2) is 0 Å². The van der Waals surface area contributed by atoms with Gasteiger partial charge in [-0.05, 0) is 69.8 Å². The molecule has 0 aliphatic carbocycles. The lowest BCUT2D eigenvalue weighted by Crippen LogP contribution is -2.60. The molecule has 0 unspecified atom stereocenters. The number of aliphatic hydroxyl groups excluding tert-OH is 1.